The highest BCUT2D eigenvalue weighted by atomic mass is 35.5. The number of benzene rings is 2. The highest BCUT2D eigenvalue weighted by Gasteiger charge is 2.23. The molecule has 1 fully saturated rings. The number of nitrogens with zero attached hydrogens (tertiary/aromatic N) is 2. The molecule has 9 heteroatoms. The van der Waals surface area contributed by atoms with E-state index in [0.29, 0.717) is 11.4 Å². The van der Waals surface area contributed by atoms with Gasteiger partial charge in [-0.1, -0.05) is 30.7 Å². The highest BCUT2D eigenvalue weighted by Crippen LogP contribution is 2.30. The molecule has 1 atom stereocenters. The summed E-state index contributed by atoms with van der Waals surface area (Å²) in [4.78, 5) is 15.1. The molecule has 0 spiro atoms. The first-order valence-corrected chi connectivity index (χ1v) is 13.3. The standard InChI is InChI=1S/C24H32ClN3O4S/c1-17-11-13-27(14-12-17)20-7-5-19(6-8-20)18(2)26-24(29)16-28(33(4,30)31)21-9-10-23(32-3)22(25)15-21/h5-10,15,17-18H,11-14,16H2,1-4H3,(H,26,29). The van der Waals surface area contributed by atoms with E-state index in [2.05, 4.69) is 29.3 Å². The van der Waals surface area contributed by atoms with Gasteiger partial charge in [0.1, 0.15) is 12.3 Å². The molecular weight excluding hydrogens is 462 g/mol. The number of amides is 1. The first-order valence-electron chi connectivity index (χ1n) is 11.0. The number of hydrogen-bond acceptors (Lipinski definition) is 5. The molecule has 3 rings (SSSR count). The van der Waals surface area contributed by atoms with Crippen LogP contribution in [0.15, 0.2) is 42.5 Å². The van der Waals surface area contributed by atoms with E-state index < -0.39 is 15.9 Å². The van der Waals surface area contributed by atoms with Crippen molar-refractivity contribution in [2.45, 2.75) is 32.7 Å². The summed E-state index contributed by atoms with van der Waals surface area (Å²) in [6.45, 7) is 5.94. The molecule has 0 radical (unpaired) electrons. The van der Waals surface area contributed by atoms with Gasteiger partial charge in [0, 0.05) is 18.8 Å². The van der Waals surface area contributed by atoms with Crippen molar-refractivity contribution in [2.24, 2.45) is 5.92 Å². The number of methoxy groups -OCH3 is 1. The van der Waals surface area contributed by atoms with Gasteiger partial charge in [-0.2, -0.15) is 0 Å². The Labute approximate surface area is 201 Å². The predicted octanol–water partition coefficient (Wildman–Crippen LogP) is 4.23. The summed E-state index contributed by atoms with van der Waals surface area (Å²) in [5.41, 5.74) is 2.44. The van der Waals surface area contributed by atoms with Crippen LogP contribution in [0.5, 0.6) is 5.75 Å². The van der Waals surface area contributed by atoms with E-state index in [1.54, 1.807) is 12.1 Å². The highest BCUT2D eigenvalue weighted by molar-refractivity contribution is 7.92. The average Bonchev–Trinajstić information content (AvgIpc) is 2.77. The average molecular weight is 494 g/mol. The van der Waals surface area contributed by atoms with Gasteiger partial charge in [-0.15, -0.1) is 0 Å². The number of rotatable bonds is 8. The maximum atomic E-state index is 12.7. The van der Waals surface area contributed by atoms with Gasteiger partial charge in [-0.05, 0) is 61.6 Å². The lowest BCUT2D eigenvalue weighted by molar-refractivity contribution is -0.120. The molecule has 0 bridgehead atoms. The Morgan fingerprint density at radius 2 is 1.85 bits per heavy atom. The fraction of sp³-hybridized carbons (Fsp3) is 0.458. The summed E-state index contributed by atoms with van der Waals surface area (Å²) in [5.74, 6) is 0.791. The summed E-state index contributed by atoms with van der Waals surface area (Å²) < 4.78 is 30.9. The lowest BCUT2D eigenvalue weighted by Crippen LogP contribution is -2.41. The summed E-state index contributed by atoms with van der Waals surface area (Å²) in [5, 5.41) is 3.16. The summed E-state index contributed by atoms with van der Waals surface area (Å²) >= 11 is 6.15. The molecule has 0 aromatic heterocycles. The monoisotopic (exact) mass is 493 g/mol. The van der Waals surface area contributed by atoms with Crippen molar-refractivity contribution in [3.05, 3.63) is 53.1 Å². The van der Waals surface area contributed by atoms with Crippen molar-refractivity contribution in [2.75, 3.05) is 42.2 Å². The molecule has 1 heterocycles. The smallest absolute Gasteiger partial charge is 0.241 e. The van der Waals surface area contributed by atoms with E-state index in [1.807, 2.05) is 19.1 Å². The van der Waals surface area contributed by atoms with Gasteiger partial charge in [-0.3, -0.25) is 9.10 Å². The summed E-state index contributed by atoms with van der Waals surface area (Å²) in [6, 6.07) is 12.5. The number of carbonyl (C=O) groups is 1. The van der Waals surface area contributed by atoms with Crippen LogP contribution in [0.4, 0.5) is 11.4 Å². The van der Waals surface area contributed by atoms with Crippen LogP contribution >= 0.6 is 11.6 Å². The van der Waals surface area contributed by atoms with Gasteiger partial charge in [0.05, 0.1) is 30.1 Å². The maximum Gasteiger partial charge on any atom is 0.241 e. The minimum absolute atomic E-state index is 0.265. The first kappa shape index (κ1) is 25.2. The number of anilines is 2. The van der Waals surface area contributed by atoms with Crippen LogP contribution in [0.25, 0.3) is 0 Å². The zero-order valence-electron chi connectivity index (χ0n) is 19.5. The van der Waals surface area contributed by atoms with Crippen molar-refractivity contribution in [1.82, 2.24) is 5.32 Å². The molecule has 1 unspecified atom stereocenters. The lowest BCUT2D eigenvalue weighted by Gasteiger charge is -2.32. The van der Waals surface area contributed by atoms with Crippen LogP contribution in [0.2, 0.25) is 5.02 Å². The van der Waals surface area contributed by atoms with Crippen LogP contribution in [0, 0.1) is 5.92 Å². The minimum atomic E-state index is -3.70. The zero-order valence-corrected chi connectivity index (χ0v) is 21.1. The second kappa shape index (κ2) is 10.7. The first-order chi connectivity index (χ1) is 15.6. The normalized spacial score (nSPS) is 15.7. The zero-order chi connectivity index (χ0) is 24.2. The van der Waals surface area contributed by atoms with Gasteiger partial charge < -0.3 is 15.0 Å². The Morgan fingerprint density at radius 1 is 1.21 bits per heavy atom. The van der Waals surface area contributed by atoms with Crippen LogP contribution in [0.3, 0.4) is 0 Å². The third-order valence-corrected chi connectivity index (χ3v) is 7.47. The fourth-order valence-corrected chi connectivity index (χ4v) is 5.05. The molecule has 1 aliphatic heterocycles. The molecule has 180 valence electrons. The second-order valence-electron chi connectivity index (χ2n) is 8.64. The third kappa shape index (κ3) is 6.54. The van der Waals surface area contributed by atoms with Crippen molar-refractivity contribution >= 4 is 38.9 Å². The number of nitrogens with one attached hydrogen (secondary N) is 1. The Bertz CT molecular complexity index is 1070. The molecular formula is C24H32ClN3O4S. The minimum Gasteiger partial charge on any atom is -0.495 e. The van der Waals surface area contributed by atoms with E-state index >= 15 is 0 Å². The summed E-state index contributed by atoms with van der Waals surface area (Å²) in [7, 11) is -2.23. The Hall–Kier alpha value is -2.45. The molecule has 2 aromatic carbocycles. The van der Waals surface area contributed by atoms with E-state index in [0.717, 1.165) is 35.1 Å². The molecule has 2 aromatic rings. The van der Waals surface area contributed by atoms with Crippen LogP contribution in [-0.4, -0.2) is 47.3 Å². The van der Waals surface area contributed by atoms with Crippen molar-refractivity contribution in [3.63, 3.8) is 0 Å². The van der Waals surface area contributed by atoms with E-state index in [-0.39, 0.29) is 17.6 Å². The van der Waals surface area contributed by atoms with Crippen molar-refractivity contribution in [1.29, 1.82) is 0 Å². The van der Waals surface area contributed by atoms with Crippen LogP contribution in [0.1, 0.15) is 38.3 Å². The van der Waals surface area contributed by atoms with Gasteiger partial charge in [0.25, 0.3) is 0 Å². The fourth-order valence-electron chi connectivity index (χ4n) is 3.95. The van der Waals surface area contributed by atoms with Gasteiger partial charge in [0.2, 0.25) is 15.9 Å². The molecule has 1 amide bonds. The Balaban J connectivity index is 1.66. The van der Waals surface area contributed by atoms with E-state index in [9.17, 15) is 13.2 Å². The largest absolute Gasteiger partial charge is 0.495 e. The predicted molar refractivity (Wildman–Crippen MR) is 134 cm³/mol. The van der Waals surface area contributed by atoms with Gasteiger partial charge in [-0.25, -0.2) is 8.42 Å². The maximum absolute atomic E-state index is 12.7. The van der Waals surface area contributed by atoms with E-state index in [1.165, 1.54) is 31.7 Å². The quantitative estimate of drug-likeness (QED) is 0.595. The van der Waals surface area contributed by atoms with Crippen molar-refractivity contribution in [3.8, 4) is 5.75 Å². The molecule has 0 saturated carbocycles. The number of sulfonamides is 1. The second-order valence-corrected chi connectivity index (χ2v) is 11.0. The van der Waals surface area contributed by atoms with Crippen LogP contribution in [-0.2, 0) is 14.8 Å². The number of carbonyl (C=O) groups excluding carboxylic acids is 1. The number of ether oxygens (including phenoxy) is 1. The molecule has 7 nitrogen and oxygen atoms in total. The molecule has 33 heavy (non-hydrogen) atoms. The molecule has 1 aliphatic rings. The Morgan fingerprint density at radius 3 is 2.39 bits per heavy atom. The molecule has 1 saturated heterocycles. The number of piperidine rings is 1. The molecule has 1 N–H and O–H groups in total. The summed E-state index contributed by atoms with van der Waals surface area (Å²) in [6.07, 6.45) is 3.46. The van der Waals surface area contributed by atoms with Gasteiger partial charge >= 0.3 is 0 Å². The topological polar surface area (TPSA) is 79.0 Å². The number of halogens is 1. The third-order valence-electron chi connectivity index (χ3n) is 6.03. The van der Waals surface area contributed by atoms with Crippen molar-refractivity contribution < 1.29 is 17.9 Å². The van der Waals surface area contributed by atoms with Gasteiger partial charge in [0.15, 0.2) is 0 Å². The molecule has 0 aliphatic carbocycles. The lowest BCUT2D eigenvalue weighted by atomic mass is 9.98. The SMILES string of the molecule is COc1ccc(N(CC(=O)NC(C)c2ccc(N3CCC(C)CC3)cc2)S(C)(=O)=O)cc1Cl. The number of hydrogen-bond donors (Lipinski definition) is 1. The van der Waals surface area contributed by atoms with E-state index in [4.69, 9.17) is 16.3 Å². The van der Waals surface area contributed by atoms with Crippen LogP contribution < -0.4 is 19.3 Å². The Kier molecular flexibility index (Phi) is 8.13.